The van der Waals surface area contributed by atoms with Gasteiger partial charge in [-0.05, 0) is 29.2 Å². The van der Waals surface area contributed by atoms with Gasteiger partial charge in [0.25, 0.3) is 5.91 Å². The molecule has 0 saturated carbocycles. The van der Waals surface area contributed by atoms with Gasteiger partial charge in [-0.1, -0.05) is 68.9 Å². The summed E-state index contributed by atoms with van der Waals surface area (Å²) in [5.41, 5.74) is 1.95. The number of benzene rings is 2. The van der Waals surface area contributed by atoms with Crippen LogP contribution in [0.2, 0.25) is 0 Å². The zero-order valence-electron chi connectivity index (χ0n) is 18.1. The Labute approximate surface area is 186 Å². The molecule has 0 fully saturated rings. The molecule has 3 aromatic rings. The molecule has 0 radical (unpaired) electrons. The normalized spacial score (nSPS) is 12.3. The van der Waals surface area contributed by atoms with Gasteiger partial charge in [0.2, 0.25) is 5.91 Å². The van der Waals surface area contributed by atoms with Crippen LogP contribution in [0.25, 0.3) is 0 Å². The van der Waals surface area contributed by atoms with Gasteiger partial charge < -0.3 is 15.2 Å². The van der Waals surface area contributed by atoms with Crippen molar-refractivity contribution in [2.45, 2.75) is 32.0 Å². The lowest BCUT2D eigenvalue weighted by atomic mass is 9.82. The first-order chi connectivity index (χ1) is 14.7. The summed E-state index contributed by atoms with van der Waals surface area (Å²) in [6.45, 7) is 6.28. The minimum atomic E-state index is -0.187. The molecule has 2 amide bonds. The predicted molar refractivity (Wildman–Crippen MR) is 123 cm³/mol. The standard InChI is InChI=1S/C23H27N5O2S/c1-23(2,3)20(16-9-6-5-7-10-16)26-21(30)17-11-8-12-18(13-17)25-19(29)14-31-22-27-24-15-28(22)4/h5-13,15,20H,14H2,1-4H3,(H,25,29)(H,26,30). The Kier molecular flexibility index (Phi) is 7.12. The number of nitrogens with zero attached hydrogens (tertiary/aromatic N) is 3. The minimum absolute atomic E-state index is 0.151. The third-order valence-electron chi connectivity index (χ3n) is 4.69. The Bertz CT molecular complexity index is 1040. The van der Waals surface area contributed by atoms with Gasteiger partial charge in [0, 0.05) is 18.3 Å². The third-order valence-corrected chi connectivity index (χ3v) is 5.72. The zero-order chi connectivity index (χ0) is 22.4. The molecule has 2 N–H and O–H groups in total. The molecule has 1 unspecified atom stereocenters. The van der Waals surface area contributed by atoms with Gasteiger partial charge in [0.1, 0.15) is 6.33 Å². The SMILES string of the molecule is Cn1cnnc1SCC(=O)Nc1cccc(C(=O)NC(c2ccccc2)C(C)(C)C)c1. The monoisotopic (exact) mass is 437 g/mol. The number of hydrogen-bond acceptors (Lipinski definition) is 5. The molecule has 1 atom stereocenters. The molecule has 3 rings (SSSR count). The van der Waals surface area contributed by atoms with Crippen LogP contribution in [0.5, 0.6) is 0 Å². The van der Waals surface area contributed by atoms with E-state index in [9.17, 15) is 9.59 Å². The van der Waals surface area contributed by atoms with Crippen molar-refractivity contribution in [2.75, 3.05) is 11.1 Å². The van der Waals surface area contributed by atoms with Gasteiger partial charge in [-0.3, -0.25) is 9.59 Å². The molecule has 2 aromatic carbocycles. The highest BCUT2D eigenvalue weighted by atomic mass is 32.2. The number of anilines is 1. The lowest BCUT2D eigenvalue weighted by Crippen LogP contribution is -2.36. The Morgan fingerprint density at radius 1 is 1.10 bits per heavy atom. The molecular weight excluding hydrogens is 410 g/mol. The lowest BCUT2D eigenvalue weighted by Gasteiger charge is -2.32. The van der Waals surface area contributed by atoms with Gasteiger partial charge >= 0.3 is 0 Å². The van der Waals surface area contributed by atoms with Crippen molar-refractivity contribution in [2.24, 2.45) is 12.5 Å². The molecular formula is C23H27N5O2S. The second-order valence-corrected chi connectivity index (χ2v) is 9.27. The second-order valence-electron chi connectivity index (χ2n) is 8.33. The summed E-state index contributed by atoms with van der Waals surface area (Å²) >= 11 is 1.30. The Balaban J connectivity index is 1.66. The highest BCUT2D eigenvalue weighted by Gasteiger charge is 2.28. The van der Waals surface area contributed by atoms with Crippen molar-refractivity contribution < 1.29 is 9.59 Å². The van der Waals surface area contributed by atoms with E-state index >= 15 is 0 Å². The maximum absolute atomic E-state index is 13.0. The van der Waals surface area contributed by atoms with Crippen LogP contribution >= 0.6 is 11.8 Å². The fourth-order valence-corrected chi connectivity index (χ4v) is 3.82. The number of carbonyl (C=O) groups is 2. The summed E-state index contributed by atoms with van der Waals surface area (Å²) in [5, 5.41) is 14.4. The number of nitrogens with one attached hydrogen (secondary N) is 2. The van der Waals surface area contributed by atoms with Crippen molar-refractivity contribution in [1.82, 2.24) is 20.1 Å². The van der Waals surface area contributed by atoms with Crippen LogP contribution in [0.1, 0.15) is 42.7 Å². The van der Waals surface area contributed by atoms with Crippen LogP contribution in [-0.2, 0) is 11.8 Å². The van der Waals surface area contributed by atoms with E-state index in [2.05, 4.69) is 41.6 Å². The van der Waals surface area contributed by atoms with Crippen LogP contribution in [0, 0.1) is 5.41 Å². The molecule has 0 spiro atoms. The summed E-state index contributed by atoms with van der Waals surface area (Å²) in [7, 11) is 1.82. The van der Waals surface area contributed by atoms with Crippen LogP contribution in [0.15, 0.2) is 66.1 Å². The van der Waals surface area contributed by atoms with Gasteiger partial charge in [-0.2, -0.15) is 0 Å². The molecule has 0 saturated heterocycles. The molecule has 0 aliphatic heterocycles. The van der Waals surface area contributed by atoms with E-state index in [1.807, 2.05) is 37.4 Å². The van der Waals surface area contributed by atoms with Crippen LogP contribution in [-0.4, -0.2) is 32.3 Å². The van der Waals surface area contributed by atoms with Gasteiger partial charge in [-0.15, -0.1) is 10.2 Å². The van der Waals surface area contributed by atoms with E-state index in [1.165, 1.54) is 11.8 Å². The smallest absolute Gasteiger partial charge is 0.251 e. The van der Waals surface area contributed by atoms with Crippen molar-refractivity contribution >= 4 is 29.3 Å². The largest absolute Gasteiger partial charge is 0.345 e. The number of rotatable bonds is 7. The highest BCUT2D eigenvalue weighted by molar-refractivity contribution is 7.99. The average molecular weight is 438 g/mol. The van der Waals surface area contributed by atoms with E-state index < -0.39 is 0 Å². The number of hydrogen-bond donors (Lipinski definition) is 2. The second kappa shape index (κ2) is 9.78. The predicted octanol–water partition coefficient (Wildman–Crippen LogP) is 4.06. The Morgan fingerprint density at radius 3 is 2.48 bits per heavy atom. The fraction of sp³-hybridized carbons (Fsp3) is 0.304. The number of carbonyl (C=O) groups excluding carboxylic acids is 2. The molecule has 1 heterocycles. The maximum atomic E-state index is 13.0. The molecule has 0 aliphatic carbocycles. The topological polar surface area (TPSA) is 88.9 Å². The first kappa shape index (κ1) is 22.6. The summed E-state index contributed by atoms with van der Waals surface area (Å²) < 4.78 is 1.75. The van der Waals surface area contributed by atoms with Gasteiger partial charge in [0.05, 0.1) is 11.8 Å². The molecule has 8 heteroatoms. The zero-order valence-corrected chi connectivity index (χ0v) is 18.9. The molecule has 0 aliphatic rings. The molecule has 31 heavy (non-hydrogen) atoms. The number of aryl methyl sites for hydroxylation is 1. The summed E-state index contributed by atoms with van der Waals surface area (Å²) in [5.74, 6) is -0.168. The highest BCUT2D eigenvalue weighted by Crippen LogP contribution is 2.33. The Hall–Kier alpha value is -3.13. The number of amides is 2. The molecule has 7 nitrogen and oxygen atoms in total. The summed E-state index contributed by atoms with van der Waals surface area (Å²) in [4.78, 5) is 25.3. The van der Waals surface area contributed by atoms with Crippen LogP contribution < -0.4 is 10.6 Å². The van der Waals surface area contributed by atoms with E-state index in [-0.39, 0.29) is 29.0 Å². The van der Waals surface area contributed by atoms with E-state index in [1.54, 1.807) is 35.2 Å². The maximum Gasteiger partial charge on any atom is 0.251 e. The summed E-state index contributed by atoms with van der Waals surface area (Å²) in [6, 6.07) is 16.7. The average Bonchev–Trinajstić information content (AvgIpc) is 3.15. The van der Waals surface area contributed by atoms with E-state index in [4.69, 9.17) is 0 Å². The van der Waals surface area contributed by atoms with Crippen LogP contribution in [0.4, 0.5) is 5.69 Å². The quantitative estimate of drug-likeness (QED) is 0.544. The fourth-order valence-electron chi connectivity index (χ4n) is 3.13. The van der Waals surface area contributed by atoms with Gasteiger partial charge in [-0.25, -0.2) is 0 Å². The van der Waals surface area contributed by atoms with Crippen molar-refractivity contribution in [3.63, 3.8) is 0 Å². The van der Waals surface area contributed by atoms with Crippen molar-refractivity contribution in [3.8, 4) is 0 Å². The van der Waals surface area contributed by atoms with Gasteiger partial charge in [0.15, 0.2) is 5.16 Å². The number of thioether (sulfide) groups is 1. The summed E-state index contributed by atoms with van der Waals surface area (Å²) in [6.07, 6.45) is 1.59. The number of aromatic nitrogens is 3. The molecule has 1 aromatic heterocycles. The third kappa shape index (κ3) is 6.18. The molecule has 0 bridgehead atoms. The minimum Gasteiger partial charge on any atom is -0.345 e. The molecule has 162 valence electrons. The lowest BCUT2D eigenvalue weighted by molar-refractivity contribution is -0.113. The Morgan fingerprint density at radius 2 is 1.84 bits per heavy atom. The first-order valence-electron chi connectivity index (χ1n) is 9.96. The van der Waals surface area contributed by atoms with Crippen LogP contribution in [0.3, 0.4) is 0 Å². The first-order valence-corrected chi connectivity index (χ1v) is 10.9. The van der Waals surface area contributed by atoms with Crippen molar-refractivity contribution in [3.05, 3.63) is 72.1 Å². The van der Waals surface area contributed by atoms with E-state index in [0.717, 1.165) is 5.56 Å². The van der Waals surface area contributed by atoms with Crippen molar-refractivity contribution in [1.29, 1.82) is 0 Å². The van der Waals surface area contributed by atoms with E-state index in [0.29, 0.717) is 16.4 Å².